The first-order chi connectivity index (χ1) is 8.38. The van der Waals surface area contributed by atoms with E-state index in [0.29, 0.717) is 6.54 Å². The highest BCUT2D eigenvalue weighted by Crippen LogP contribution is 2.31. The van der Waals surface area contributed by atoms with Gasteiger partial charge < -0.3 is 5.73 Å². The molecule has 2 N–H and O–H groups in total. The number of hydrogen-bond acceptors (Lipinski definition) is 2. The summed E-state index contributed by atoms with van der Waals surface area (Å²) in [6.45, 7) is 0.430. The first kappa shape index (κ1) is 12.5. The second kappa shape index (κ2) is 6.74. The molecule has 0 spiro atoms. The van der Waals surface area contributed by atoms with Crippen molar-refractivity contribution in [1.29, 1.82) is 0 Å². The van der Waals surface area contributed by atoms with E-state index in [1.807, 2.05) is 0 Å². The van der Waals surface area contributed by atoms with Crippen LogP contribution >= 0.6 is 11.8 Å². The van der Waals surface area contributed by atoms with Gasteiger partial charge in [0, 0.05) is 16.6 Å². The average Bonchev–Trinajstić information content (AvgIpc) is 2.88. The van der Waals surface area contributed by atoms with E-state index in [9.17, 15) is 0 Å². The van der Waals surface area contributed by atoms with Crippen LogP contribution in [0.15, 0.2) is 24.3 Å². The zero-order valence-corrected chi connectivity index (χ0v) is 10.9. The molecule has 0 aromatic heterocycles. The first-order valence-electron chi connectivity index (χ1n) is 6.28. The van der Waals surface area contributed by atoms with Crippen LogP contribution in [-0.2, 0) is 5.75 Å². The monoisotopic (exact) mass is 245 g/mol. The van der Waals surface area contributed by atoms with Gasteiger partial charge in [-0.05, 0) is 30.5 Å². The summed E-state index contributed by atoms with van der Waals surface area (Å²) in [6, 6.07) is 8.55. The molecule has 0 bridgehead atoms. The summed E-state index contributed by atoms with van der Waals surface area (Å²) >= 11 is 2.10. The van der Waals surface area contributed by atoms with Crippen LogP contribution in [0.1, 0.15) is 36.8 Å². The number of nitrogens with two attached hydrogens (primary N) is 1. The van der Waals surface area contributed by atoms with Crippen molar-refractivity contribution < 1.29 is 0 Å². The summed E-state index contributed by atoms with van der Waals surface area (Å²) < 4.78 is 0. The normalized spacial score (nSPS) is 15.6. The van der Waals surface area contributed by atoms with Gasteiger partial charge in [-0.1, -0.05) is 36.8 Å². The molecule has 0 atom stereocenters. The van der Waals surface area contributed by atoms with E-state index >= 15 is 0 Å². The Bertz CT molecular complexity index is 393. The number of rotatable bonds is 3. The molecule has 2 heteroatoms. The van der Waals surface area contributed by atoms with Crippen molar-refractivity contribution in [2.45, 2.75) is 36.7 Å². The van der Waals surface area contributed by atoms with Gasteiger partial charge >= 0.3 is 0 Å². The Morgan fingerprint density at radius 1 is 1.18 bits per heavy atom. The third-order valence-electron chi connectivity index (χ3n) is 3.08. The van der Waals surface area contributed by atoms with Crippen molar-refractivity contribution in [1.82, 2.24) is 0 Å². The lowest BCUT2D eigenvalue weighted by Crippen LogP contribution is -1.95. The molecule has 0 unspecified atom stereocenters. The highest BCUT2D eigenvalue weighted by molar-refractivity contribution is 7.99. The maximum absolute atomic E-state index is 5.35. The highest BCUT2D eigenvalue weighted by atomic mass is 32.2. The smallest absolute Gasteiger partial charge is 0.0555 e. The van der Waals surface area contributed by atoms with Crippen molar-refractivity contribution >= 4 is 11.8 Å². The molecule has 1 aromatic carbocycles. The van der Waals surface area contributed by atoms with E-state index in [1.165, 1.54) is 31.2 Å². The molecular formula is C15H19NS. The second-order valence-corrected chi connectivity index (χ2v) is 5.71. The largest absolute Gasteiger partial charge is 0.320 e. The summed E-state index contributed by atoms with van der Waals surface area (Å²) in [7, 11) is 0. The van der Waals surface area contributed by atoms with Crippen molar-refractivity contribution in [3.05, 3.63) is 35.4 Å². The molecule has 0 aliphatic heterocycles. The number of hydrogen-bond donors (Lipinski definition) is 1. The average molecular weight is 245 g/mol. The van der Waals surface area contributed by atoms with E-state index in [-0.39, 0.29) is 0 Å². The summed E-state index contributed by atoms with van der Waals surface area (Å²) in [6.07, 6.45) is 5.66. The molecule has 1 saturated carbocycles. The van der Waals surface area contributed by atoms with Gasteiger partial charge in [0.25, 0.3) is 0 Å². The molecule has 0 radical (unpaired) electrons. The van der Waals surface area contributed by atoms with Crippen LogP contribution in [0.5, 0.6) is 0 Å². The molecule has 1 aliphatic rings. The fourth-order valence-electron chi connectivity index (χ4n) is 2.11. The van der Waals surface area contributed by atoms with E-state index in [4.69, 9.17) is 5.73 Å². The van der Waals surface area contributed by atoms with Gasteiger partial charge in [-0.3, -0.25) is 0 Å². The summed E-state index contributed by atoms with van der Waals surface area (Å²) in [5, 5.41) is 0.895. The maximum atomic E-state index is 5.35. The van der Waals surface area contributed by atoms with Crippen LogP contribution < -0.4 is 5.73 Å². The van der Waals surface area contributed by atoms with Gasteiger partial charge in [0.15, 0.2) is 0 Å². The molecule has 2 rings (SSSR count). The topological polar surface area (TPSA) is 26.0 Å². The van der Waals surface area contributed by atoms with Crippen LogP contribution in [0.25, 0.3) is 0 Å². The summed E-state index contributed by atoms with van der Waals surface area (Å²) in [5.41, 5.74) is 7.81. The van der Waals surface area contributed by atoms with E-state index in [0.717, 1.165) is 16.6 Å². The Labute approximate surface area is 108 Å². The van der Waals surface area contributed by atoms with Crippen molar-refractivity contribution in [2.75, 3.05) is 6.54 Å². The lowest BCUT2D eigenvalue weighted by molar-refractivity contribution is 0.886. The third kappa shape index (κ3) is 4.11. The van der Waals surface area contributed by atoms with Crippen molar-refractivity contribution in [3.63, 3.8) is 0 Å². The molecule has 1 fully saturated rings. The van der Waals surface area contributed by atoms with Gasteiger partial charge in [-0.2, -0.15) is 11.8 Å². The van der Waals surface area contributed by atoms with Gasteiger partial charge in [0.05, 0.1) is 6.54 Å². The van der Waals surface area contributed by atoms with Crippen molar-refractivity contribution in [2.24, 2.45) is 5.73 Å². The Kier molecular flexibility index (Phi) is 4.97. The predicted octanol–water partition coefficient (Wildman–Crippen LogP) is 3.17. The zero-order chi connectivity index (χ0) is 11.9. The quantitative estimate of drug-likeness (QED) is 0.828. The summed E-state index contributed by atoms with van der Waals surface area (Å²) in [5.74, 6) is 7.05. The van der Waals surface area contributed by atoms with Gasteiger partial charge in [0.2, 0.25) is 0 Å². The predicted molar refractivity (Wildman–Crippen MR) is 75.9 cm³/mol. The molecule has 1 nitrogen and oxygen atoms in total. The Hall–Kier alpha value is -0.910. The Morgan fingerprint density at radius 2 is 1.88 bits per heavy atom. The molecule has 0 saturated heterocycles. The van der Waals surface area contributed by atoms with Gasteiger partial charge in [-0.15, -0.1) is 0 Å². The minimum atomic E-state index is 0.430. The summed E-state index contributed by atoms with van der Waals surface area (Å²) in [4.78, 5) is 0. The number of benzene rings is 1. The fraction of sp³-hybridized carbons (Fsp3) is 0.467. The maximum Gasteiger partial charge on any atom is 0.0555 e. The standard InChI is InChI=1S/C15H19NS/c16-11-3-4-13-7-9-14(10-8-13)12-17-15-5-1-2-6-15/h7-10,15H,1-2,5-6,11-12,16H2. The molecular weight excluding hydrogens is 226 g/mol. The van der Waals surface area contributed by atoms with Crippen LogP contribution in [0.4, 0.5) is 0 Å². The van der Waals surface area contributed by atoms with Gasteiger partial charge in [-0.25, -0.2) is 0 Å². The van der Waals surface area contributed by atoms with Crippen LogP contribution in [-0.4, -0.2) is 11.8 Å². The van der Waals surface area contributed by atoms with Gasteiger partial charge in [0.1, 0.15) is 0 Å². The third-order valence-corrected chi connectivity index (χ3v) is 4.52. The van der Waals surface area contributed by atoms with Crippen LogP contribution in [0.3, 0.4) is 0 Å². The first-order valence-corrected chi connectivity index (χ1v) is 7.33. The SMILES string of the molecule is NCC#Cc1ccc(CSC2CCCC2)cc1. The molecule has 0 amide bonds. The van der Waals surface area contributed by atoms with E-state index in [1.54, 1.807) is 0 Å². The second-order valence-electron chi connectivity index (χ2n) is 4.42. The van der Waals surface area contributed by atoms with Crippen LogP contribution in [0, 0.1) is 11.8 Å². The Balaban J connectivity index is 1.84. The highest BCUT2D eigenvalue weighted by Gasteiger charge is 2.14. The zero-order valence-electron chi connectivity index (χ0n) is 10.1. The minimum absolute atomic E-state index is 0.430. The molecule has 17 heavy (non-hydrogen) atoms. The lowest BCUT2D eigenvalue weighted by atomic mass is 10.1. The minimum Gasteiger partial charge on any atom is -0.320 e. The van der Waals surface area contributed by atoms with Crippen molar-refractivity contribution in [3.8, 4) is 11.8 Å². The molecule has 90 valence electrons. The number of thioether (sulfide) groups is 1. The fourth-order valence-corrected chi connectivity index (χ4v) is 3.39. The Morgan fingerprint density at radius 3 is 2.53 bits per heavy atom. The van der Waals surface area contributed by atoms with E-state index < -0.39 is 0 Å². The van der Waals surface area contributed by atoms with E-state index in [2.05, 4.69) is 47.9 Å². The molecule has 1 aliphatic carbocycles. The lowest BCUT2D eigenvalue weighted by Gasteiger charge is -2.08. The van der Waals surface area contributed by atoms with Crippen LogP contribution in [0.2, 0.25) is 0 Å². The molecule has 0 heterocycles. The molecule has 1 aromatic rings.